The van der Waals surface area contributed by atoms with Crippen LogP contribution in [-0.2, 0) is 14.3 Å². The molecule has 16 heavy (non-hydrogen) atoms. The molecule has 0 aromatic heterocycles. The van der Waals surface area contributed by atoms with Crippen molar-refractivity contribution in [2.45, 2.75) is 51.4 Å². The number of carboxylic acids is 1. The summed E-state index contributed by atoms with van der Waals surface area (Å²) in [6.07, 6.45) is 3.97. The summed E-state index contributed by atoms with van der Waals surface area (Å²) in [7, 11) is 1.63. The minimum Gasteiger partial charge on any atom is -0.480 e. The number of hydrogen-bond acceptors (Lipinski definition) is 4. The van der Waals surface area contributed by atoms with Crippen molar-refractivity contribution in [3.8, 4) is 0 Å². The van der Waals surface area contributed by atoms with Gasteiger partial charge in [-0.25, -0.2) is 0 Å². The van der Waals surface area contributed by atoms with Crippen molar-refractivity contribution < 1.29 is 19.4 Å². The van der Waals surface area contributed by atoms with Crippen molar-refractivity contribution in [1.82, 2.24) is 0 Å². The summed E-state index contributed by atoms with van der Waals surface area (Å²) < 4.78 is 10.4. The Labute approximate surface area is 96.9 Å². The zero-order chi connectivity index (χ0) is 12.4. The number of rotatable bonds is 10. The maximum absolute atomic E-state index is 10.4. The highest BCUT2D eigenvalue weighted by Crippen LogP contribution is 2.09. The summed E-state index contributed by atoms with van der Waals surface area (Å²) in [4.78, 5) is 10.4. The monoisotopic (exact) mass is 233 g/mol. The summed E-state index contributed by atoms with van der Waals surface area (Å²) in [5.41, 5.74) is 5.38. The third-order valence-electron chi connectivity index (χ3n) is 2.39. The molecular formula is C11H23NO4. The first-order valence-corrected chi connectivity index (χ1v) is 5.74. The summed E-state index contributed by atoms with van der Waals surface area (Å²) in [5, 5.41) is 8.57. The number of carbonyl (C=O) groups is 1. The Kier molecular flexibility index (Phi) is 9.18. The summed E-state index contributed by atoms with van der Waals surface area (Å²) >= 11 is 0. The fourth-order valence-electron chi connectivity index (χ4n) is 1.43. The molecule has 0 fully saturated rings. The molecular weight excluding hydrogens is 210 g/mol. The standard InChI is InChI=1S/C11H23NO4/c1-3-16-10(15-2)8-6-4-5-7-9(12)11(13)14/h9-10H,3-8,12H2,1-2H3,(H,13,14). The fraction of sp³-hybridized carbons (Fsp3) is 0.909. The van der Waals surface area contributed by atoms with E-state index < -0.39 is 12.0 Å². The second kappa shape index (κ2) is 9.57. The average molecular weight is 233 g/mol. The normalized spacial score (nSPS) is 14.7. The molecule has 2 unspecified atom stereocenters. The van der Waals surface area contributed by atoms with E-state index in [0.29, 0.717) is 13.0 Å². The van der Waals surface area contributed by atoms with Gasteiger partial charge in [-0.2, -0.15) is 0 Å². The molecule has 0 rings (SSSR count). The Bertz CT molecular complexity index is 187. The number of hydrogen-bond donors (Lipinski definition) is 2. The third kappa shape index (κ3) is 7.62. The van der Waals surface area contributed by atoms with E-state index in [1.807, 2.05) is 6.92 Å². The number of unbranched alkanes of at least 4 members (excludes halogenated alkanes) is 2. The van der Waals surface area contributed by atoms with Gasteiger partial charge in [-0.15, -0.1) is 0 Å². The van der Waals surface area contributed by atoms with Crippen molar-refractivity contribution in [3.05, 3.63) is 0 Å². The van der Waals surface area contributed by atoms with Crippen LogP contribution >= 0.6 is 0 Å². The van der Waals surface area contributed by atoms with Gasteiger partial charge in [0.15, 0.2) is 6.29 Å². The topological polar surface area (TPSA) is 81.8 Å². The van der Waals surface area contributed by atoms with Crippen LogP contribution in [0.5, 0.6) is 0 Å². The quantitative estimate of drug-likeness (QED) is 0.440. The van der Waals surface area contributed by atoms with Gasteiger partial charge in [-0.05, 0) is 26.2 Å². The van der Waals surface area contributed by atoms with Gasteiger partial charge in [-0.1, -0.05) is 12.8 Å². The van der Waals surface area contributed by atoms with Crippen LogP contribution in [0.3, 0.4) is 0 Å². The molecule has 2 atom stereocenters. The van der Waals surface area contributed by atoms with Gasteiger partial charge in [0.2, 0.25) is 0 Å². The second-order valence-electron chi connectivity index (χ2n) is 3.70. The van der Waals surface area contributed by atoms with Crippen LogP contribution in [0.15, 0.2) is 0 Å². The largest absolute Gasteiger partial charge is 0.480 e. The van der Waals surface area contributed by atoms with Gasteiger partial charge < -0.3 is 20.3 Å². The molecule has 0 aliphatic carbocycles. The first kappa shape index (κ1) is 15.3. The van der Waals surface area contributed by atoms with Crippen LogP contribution in [0.1, 0.15) is 39.0 Å². The highest BCUT2D eigenvalue weighted by molar-refractivity contribution is 5.72. The molecule has 5 heteroatoms. The number of ether oxygens (including phenoxy) is 2. The molecule has 0 aromatic carbocycles. The Hall–Kier alpha value is -0.650. The van der Waals surface area contributed by atoms with Crippen LogP contribution in [0, 0.1) is 0 Å². The van der Waals surface area contributed by atoms with Gasteiger partial charge in [0.25, 0.3) is 0 Å². The smallest absolute Gasteiger partial charge is 0.320 e. The first-order chi connectivity index (χ1) is 7.61. The third-order valence-corrected chi connectivity index (χ3v) is 2.39. The van der Waals surface area contributed by atoms with Crippen LogP contribution in [0.4, 0.5) is 0 Å². The number of carboxylic acid groups (broad SMARTS) is 1. The lowest BCUT2D eigenvalue weighted by atomic mass is 10.1. The van der Waals surface area contributed by atoms with Gasteiger partial charge in [0, 0.05) is 13.7 Å². The van der Waals surface area contributed by atoms with E-state index >= 15 is 0 Å². The molecule has 0 bridgehead atoms. The first-order valence-electron chi connectivity index (χ1n) is 5.74. The lowest BCUT2D eigenvalue weighted by Crippen LogP contribution is -2.29. The zero-order valence-electron chi connectivity index (χ0n) is 10.1. The molecule has 0 aliphatic rings. The van der Waals surface area contributed by atoms with Gasteiger partial charge >= 0.3 is 5.97 Å². The van der Waals surface area contributed by atoms with Crippen molar-refractivity contribution in [1.29, 1.82) is 0 Å². The van der Waals surface area contributed by atoms with Crippen LogP contribution in [0.25, 0.3) is 0 Å². The lowest BCUT2D eigenvalue weighted by molar-refractivity contribution is -0.138. The maximum atomic E-state index is 10.4. The fourth-order valence-corrected chi connectivity index (χ4v) is 1.43. The molecule has 0 aliphatic heterocycles. The molecule has 0 saturated carbocycles. The lowest BCUT2D eigenvalue weighted by Gasteiger charge is -2.14. The Morgan fingerprint density at radius 3 is 2.44 bits per heavy atom. The molecule has 3 N–H and O–H groups in total. The minimum absolute atomic E-state index is 0.141. The van der Waals surface area contributed by atoms with E-state index in [2.05, 4.69) is 0 Å². The van der Waals surface area contributed by atoms with E-state index in [-0.39, 0.29) is 6.29 Å². The summed E-state index contributed by atoms with van der Waals surface area (Å²) in [6, 6.07) is -0.731. The molecule has 0 amide bonds. The second-order valence-corrected chi connectivity index (χ2v) is 3.70. The number of aliphatic carboxylic acids is 1. The molecule has 96 valence electrons. The highest BCUT2D eigenvalue weighted by Gasteiger charge is 2.10. The molecule has 0 radical (unpaired) electrons. The summed E-state index contributed by atoms with van der Waals surface area (Å²) in [5.74, 6) is -0.927. The predicted octanol–water partition coefficient (Wildman–Crippen LogP) is 1.36. The number of nitrogens with two attached hydrogens (primary N) is 1. The molecule has 0 saturated heterocycles. The summed E-state index contributed by atoms with van der Waals surface area (Å²) in [6.45, 7) is 2.57. The number of methoxy groups -OCH3 is 1. The van der Waals surface area contributed by atoms with E-state index in [1.165, 1.54) is 0 Å². The molecule has 0 spiro atoms. The van der Waals surface area contributed by atoms with Gasteiger partial charge in [-0.3, -0.25) is 4.79 Å². The Balaban J connectivity index is 3.41. The minimum atomic E-state index is -0.927. The Morgan fingerprint density at radius 1 is 1.31 bits per heavy atom. The van der Waals surface area contributed by atoms with E-state index in [9.17, 15) is 4.79 Å². The van der Waals surface area contributed by atoms with Gasteiger partial charge in [0.05, 0.1) is 0 Å². The highest BCUT2D eigenvalue weighted by atomic mass is 16.7. The van der Waals surface area contributed by atoms with Crippen molar-refractivity contribution >= 4 is 5.97 Å². The van der Waals surface area contributed by atoms with E-state index in [4.69, 9.17) is 20.3 Å². The molecule has 5 nitrogen and oxygen atoms in total. The van der Waals surface area contributed by atoms with Crippen molar-refractivity contribution in [2.75, 3.05) is 13.7 Å². The maximum Gasteiger partial charge on any atom is 0.320 e. The zero-order valence-corrected chi connectivity index (χ0v) is 10.1. The average Bonchev–Trinajstić information content (AvgIpc) is 2.26. The predicted molar refractivity (Wildman–Crippen MR) is 61.1 cm³/mol. The van der Waals surface area contributed by atoms with Crippen LogP contribution in [0.2, 0.25) is 0 Å². The SMILES string of the molecule is CCOC(CCCCCC(N)C(=O)O)OC. The van der Waals surface area contributed by atoms with Crippen molar-refractivity contribution in [2.24, 2.45) is 5.73 Å². The van der Waals surface area contributed by atoms with Crippen LogP contribution < -0.4 is 5.73 Å². The molecule has 0 aromatic rings. The van der Waals surface area contributed by atoms with Gasteiger partial charge in [0.1, 0.15) is 6.04 Å². The molecule has 0 heterocycles. The Morgan fingerprint density at radius 2 is 1.94 bits per heavy atom. The van der Waals surface area contributed by atoms with Crippen molar-refractivity contribution in [3.63, 3.8) is 0 Å². The van der Waals surface area contributed by atoms with E-state index in [0.717, 1.165) is 25.7 Å². The van der Waals surface area contributed by atoms with Crippen LogP contribution in [-0.4, -0.2) is 37.1 Å². The van der Waals surface area contributed by atoms with E-state index in [1.54, 1.807) is 7.11 Å².